The van der Waals surface area contributed by atoms with Crippen molar-refractivity contribution in [3.8, 4) is 0 Å². The van der Waals surface area contributed by atoms with E-state index in [4.69, 9.17) is 17.0 Å². The predicted molar refractivity (Wildman–Crippen MR) is 67.0 cm³/mol. The van der Waals surface area contributed by atoms with Crippen LogP contribution >= 0.6 is 12.2 Å². The fraction of sp³-hybridized carbons (Fsp3) is 0.909. The largest absolute Gasteiger partial charge is 0.385 e. The first-order valence-electron chi connectivity index (χ1n) is 5.81. The highest BCUT2D eigenvalue weighted by Crippen LogP contribution is 2.34. The quantitative estimate of drug-likeness (QED) is 0.515. The molecule has 0 aromatic carbocycles. The van der Waals surface area contributed by atoms with Crippen molar-refractivity contribution >= 4 is 17.3 Å². The van der Waals surface area contributed by atoms with E-state index in [-0.39, 0.29) is 0 Å². The second-order valence-electron chi connectivity index (χ2n) is 4.14. The van der Waals surface area contributed by atoms with Gasteiger partial charge in [-0.15, -0.1) is 0 Å². The van der Waals surface area contributed by atoms with Gasteiger partial charge in [0.25, 0.3) is 0 Å². The lowest BCUT2D eigenvalue weighted by atomic mass is 10.2. The Labute approximate surface area is 98.0 Å². The van der Waals surface area contributed by atoms with Crippen LogP contribution in [0.4, 0.5) is 0 Å². The molecule has 0 amide bonds. The van der Waals surface area contributed by atoms with Crippen molar-refractivity contribution in [2.75, 3.05) is 20.3 Å². The Balaban J connectivity index is 1.95. The van der Waals surface area contributed by atoms with Gasteiger partial charge in [0.15, 0.2) is 5.11 Å². The van der Waals surface area contributed by atoms with Gasteiger partial charge in [-0.25, -0.2) is 0 Å². The number of methoxy groups -OCH3 is 1. The minimum atomic E-state index is 0.632. The molecule has 15 heavy (non-hydrogen) atoms. The highest BCUT2D eigenvalue weighted by atomic mass is 32.1. The summed E-state index contributed by atoms with van der Waals surface area (Å²) in [6, 6.07) is 0.632. The Morgan fingerprint density at radius 3 is 3.00 bits per heavy atom. The number of ether oxygens (including phenoxy) is 1. The summed E-state index contributed by atoms with van der Waals surface area (Å²) < 4.78 is 4.96. The van der Waals surface area contributed by atoms with Crippen molar-refractivity contribution in [1.29, 1.82) is 0 Å². The molecule has 0 aliphatic heterocycles. The van der Waals surface area contributed by atoms with Crippen molar-refractivity contribution in [2.45, 2.75) is 38.6 Å². The van der Waals surface area contributed by atoms with Gasteiger partial charge in [0, 0.05) is 26.3 Å². The van der Waals surface area contributed by atoms with E-state index in [2.05, 4.69) is 17.6 Å². The molecule has 1 fully saturated rings. The zero-order valence-electron chi connectivity index (χ0n) is 9.71. The lowest BCUT2D eigenvalue weighted by molar-refractivity contribution is 0.195. The predicted octanol–water partition coefficient (Wildman–Crippen LogP) is 1.68. The molecule has 88 valence electrons. The molecule has 0 radical (unpaired) electrons. The molecule has 0 spiro atoms. The van der Waals surface area contributed by atoms with Gasteiger partial charge in [-0.05, 0) is 37.4 Å². The smallest absolute Gasteiger partial charge is 0.166 e. The summed E-state index contributed by atoms with van der Waals surface area (Å²) in [6.07, 6.45) is 4.88. The number of rotatable bonds is 7. The van der Waals surface area contributed by atoms with Crippen LogP contribution < -0.4 is 10.6 Å². The van der Waals surface area contributed by atoms with Gasteiger partial charge in [0.2, 0.25) is 0 Å². The minimum Gasteiger partial charge on any atom is -0.385 e. The van der Waals surface area contributed by atoms with Crippen LogP contribution in [0.25, 0.3) is 0 Å². The SMILES string of the molecule is CCCC1CC1NC(=S)NCCCOC. The Morgan fingerprint density at radius 2 is 2.33 bits per heavy atom. The van der Waals surface area contributed by atoms with Crippen LogP contribution in [0.3, 0.4) is 0 Å². The summed E-state index contributed by atoms with van der Waals surface area (Å²) in [7, 11) is 1.72. The third kappa shape index (κ3) is 5.33. The van der Waals surface area contributed by atoms with Crippen LogP contribution in [0.1, 0.15) is 32.6 Å². The average Bonchev–Trinajstić information content (AvgIpc) is 2.92. The van der Waals surface area contributed by atoms with Crippen LogP contribution in [0.5, 0.6) is 0 Å². The van der Waals surface area contributed by atoms with E-state index in [1.54, 1.807) is 7.11 Å². The van der Waals surface area contributed by atoms with E-state index in [0.29, 0.717) is 6.04 Å². The second-order valence-corrected chi connectivity index (χ2v) is 4.55. The Kier molecular flexibility index (Phi) is 5.95. The van der Waals surface area contributed by atoms with Gasteiger partial charge in [-0.3, -0.25) is 0 Å². The molecule has 2 atom stereocenters. The topological polar surface area (TPSA) is 33.3 Å². The molecule has 0 heterocycles. The van der Waals surface area contributed by atoms with Crippen molar-refractivity contribution in [3.63, 3.8) is 0 Å². The van der Waals surface area contributed by atoms with Gasteiger partial charge in [-0.2, -0.15) is 0 Å². The van der Waals surface area contributed by atoms with Crippen molar-refractivity contribution < 1.29 is 4.74 Å². The fourth-order valence-corrected chi connectivity index (χ4v) is 2.01. The van der Waals surface area contributed by atoms with Crippen LogP contribution in [0, 0.1) is 5.92 Å². The van der Waals surface area contributed by atoms with Crippen LogP contribution in [-0.4, -0.2) is 31.4 Å². The summed E-state index contributed by atoms with van der Waals surface area (Å²) in [5.41, 5.74) is 0. The standard InChI is InChI=1S/C11H22N2OS/c1-3-5-9-8-10(9)13-11(15)12-6-4-7-14-2/h9-10H,3-8H2,1-2H3,(H2,12,13,15). The maximum Gasteiger partial charge on any atom is 0.166 e. The number of hydrogen-bond donors (Lipinski definition) is 2. The molecule has 4 heteroatoms. The first-order chi connectivity index (χ1) is 7.27. The molecule has 3 nitrogen and oxygen atoms in total. The maximum absolute atomic E-state index is 5.19. The number of hydrogen-bond acceptors (Lipinski definition) is 2. The van der Waals surface area contributed by atoms with Gasteiger partial charge >= 0.3 is 0 Å². The third-order valence-electron chi connectivity index (χ3n) is 2.71. The zero-order valence-corrected chi connectivity index (χ0v) is 10.5. The Morgan fingerprint density at radius 1 is 1.53 bits per heavy atom. The monoisotopic (exact) mass is 230 g/mol. The zero-order chi connectivity index (χ0) is 11.1. The molecule has 2 unspecified atom stereocenters. The summed E-state index contributed by atoms with van der Waals surface area (Å²) in [4.78, 5) is 0. The van der Waals surface area contributed by atoms with Crippen LogP contribution in [-0.2, 0) is 4.74 Å². The summed E-state index contributed by atoms with van der Waals surface area (Å²) in [5, 5.41) is 7.34. The van der Waals surface area contributed by atoms with E-state index in [0.717, 1.165) is 30.6 Å². The van der Waals surface area contributed by atoms with Crippen molar-refractivity contribution in [3.05, 3.63) is 0 Å². The molecule has 0 aromatic rings. The van der Waals surface area contributed by atoms with Crippen LogP contribution in [0.15, 0.2) is 0 Å². The lowest BCUT2D eigenvalue weighted by Gasteiger charge is -2.09. The minimum absolute atomic E-state index is 0.632. The fourth-order valence-electron chi connectivity index (χ4n) is 1.75. The van der Waals surface area contributed by atoms with Gasteiger partial charge < -0.3 is 15.4 Å². The lowest BCUT2D eigenvalue weighted by Crippen LogP contribution is -2.37. The van der Waals surface area contributed by atoms with Crippen molar-refractivity contribution in [2.24, 2.45) is 5.92 Å². The molecule has 2 N–H and O–H groups in total. The van der Waals surface area contributed by atoms with Gasteiger partial charge in [0.05, 0.1) is 0 Å². The average molecular weight is 230 g/mol. The summed E-state index contributed by atoms with van der Waals surface area (Å²) in [6.45, 7) is 3.92. The molecule has 1 rings (SSSR count). The van der Waals surface area contributed by atoms with Crippen LogP contribution in [0.2, 0.25) is 0 Å². The molecule has 1 saturated carbocycles. The second kappa shape index (κ2) is 7.01. The highest BCUT2D eigenvalue weighted by Gasteiger charge is 2.36. The van der Waals surface area contributed by atoms with E-state index in [9.17, 15) is 0 Å². The maximum atomic E-state index is 5.19. The highest BCUT2D eigenvalue weighted by molar-refractivity contribution is 7.80. The number of thiocarbonyl (C=S) groups is 1. The van der Waals surface area contributed by atoms with E-state index < -0.39 is 0 Å². The van der Waals surface area contributed by atoms with E-state index in [1.165, 1.54) is 19.3 Å². The molecule has 1 aliphatic carbocycles. The normalized spacial score (nSPS) is 23.6. The molecular weight excluding hydrogens is 208 g/mol. The Hall–Kier alpha value is -0.350. The third-order valence-corrected chi connectivity index (χ3v) is 2.97. The number of nitrogens with one attached hydrogen (secondary N) is 2. The molecule has 0 aromatic heterocycles. The van der Waals surface area contributed by atoms with Gasteiger partial charge in [-0.1, -0.05) is 13.3 Å². The van der Waals surface area contributed by atoms with Gasteiger partial charge in [0.1, 0.15) is 0 Å². The first-order valence-corrected chi connectivity index (χ1v) is 6.22. The summed E-state index contributed by atoms with van der Waals surface area (Å²) >= 11 is 5.19. The Bertz CT molecular complexity index is 199. The molecule has 0 saturated heterocycles. The first kappa shape index (κ1) is 12.7. The van der Waals surface area contributed by atoms with E-state index in [1.807, 2.05) is 0 Å². The van der Waals surface area contributed by atoms with Crippen molar-refractivity contribution in [1.82, 2.24) is 10.6 Å². The molecular formula is C11H22N2OS. The molecule has 1 aliphatic rings. The van der Waals surface area contributed by atoms with E-state index >= 15 is 0 Å². The molecule has 0 bridgehead atoms. The summed E-state index contributed by atoms with van der Waals surface area (Å²) in [5.74, 6) is 0.855.